The molecule has 3 aromatic rings. The number of nitrogens with one attached hydrogen (secondary N) is 2. The van der Waals surface area contributed by atoms with Crippen LogP contribution in [0.3, 0.4) is 0 Å². The summed E-state index contributed by atoms with van der Waals surface area (Å²) in [5.41, 5.74) is 2.27. The fourth-order valence-electron chi connectivity index (χ4n) is 4.16. The van der Waals surface area contributed by atoms with Crippen molar-refractivity contribution in [2.75, 3.05) is 17.7 Å². The van der Waals surface area contributed by atoms with Gasteiger partial charge in [-0.15, -0.1) is 23.1 Å². The van der Waals surface area contributed by atoms with Gasteiger partial charge < -0.3 is 20.5 Å². The number of thiazole rings is 1. The summed E-state index contributed by atoms with van der Waals surface area (Å²) < 4.78 is 5.20. The standard InChI is InChI=1S/C28H29N3O5S2/c1-3-24(26(33)31-28-30-23(16-37-28)17-11-13-19(36-2)14-12-17)38-20-8-6-7-18(15-20)29-25(32)21-9-4-5-10-22(21)27(34)35/h4-8,11-16,21-22,24H,3,9-10H2,1-2H3,(H,29,32)(H,34,35)(H,30,31,33). The second kappa shape index (κ2) is 12.7. The van der Waals surface area contributed by atoms with Crippen molar-refractivity contribution in [3.8, 4) is 17.0 Å². The topological polar surface area (TPSA) is 118 Å². The van der Waals surface area contributed by atoms with Crippen molar-refractivity contribution in [1.82, 2.24) is 4.98 Å². The van der Waals surface area contributed by atoms with Crippen LogP contribution >= 0.6 is 23.1 Å². The zero-order valence-electron chi connectivity index (χ0n) is 21.0. The summed E-state index contributed by atoms with van der Waals surface area (Å²) in [7, 11) is 1.62. The number of thioether (sulfide) groups is 1. The van der Waals surface area contributed by atoms with E-state index < -0.39 is 17.8 Å². The highest BCUT2D eigenvalue weighted by molar-refractivity contribution is 8.00. The highest BCUT2D eigenvalue weighted by atomic mass is 32.2. The smallest absolute Gasteiger partial charge is 0.307 e. The summed E-state index contributed by atoms with van der Waals surface area (Å²) in [5, 5.41) is 17.3. The van der Waals surface area contributed by atoms with E-state index in [-0.39, 0.29) is 17.1 Å². The summed E-state index contributed by atoms with van der Waals surface area (Å²) >= 11 is 2.76. The van der Waals surface area contributed by atoms with Crippen LogP contribution in [0.2, 0.25) is 0 Å². The molecular weight excluding hydrogens is 522 g/mol. The molecule has 0 radical (unpaired) electrons. The van der Waals surface area contributed by atoms with Crippen LogP contribution in [-0.2, 0) is 14.4 Å². The molecule has 3 unspecified atom stereocenters. The van der Waals surface area contributed by atoms with Gasteiger partial charge >= 0.3 is 5.97 Å². The maximum Gasteiger partial charge on any atom is 0.307 e. The molecule has 1 aromatic heterocycles. The number of hydrogen-bond acceptors (Lipinski definition) is 7. The van der Waals surface area contributed by atoms with Gasteiger partial charge in [-0.3, -0.25) is 14.4 Å². The number of methoxy groups -OCH3 is 1. The van der Waals surface area contributed by atoms with Crippen molar-refractivity contribution in [2.24, 2.45) is 11.8 Å². The fraction of sp³-hybridized carbons (Fsp3) is 0.286. The maximum absolute atomic E-state index is 13.0. The van der Waals surface area contributed by atoms with Gasteiger partial charge in [0.1, 0.15) is 5.75 Å². The minimum absolute atomic E-state index is 0.152. The van der Waals surface area contributed by atoms with Crippen LogP contribution in [0.25, 0.3) is 11.3 Å². The van der Waals surface area contributed by atoms with Gasteiger partial charge in [0, 0.05) is 21.5 Å². The Balaban J connectivity index is 1.38. The summed E-state index contributed by atoms with van der Waals surface area (Å²) in [5.74, 6) is -2.02. The Morgan fingerprint density at radius 2 is 1.84 bits per heavy atom. The average molecular weight is 552 g/mol. The normalized spacial score (nSPS) is 17.4. The minimum Gasteiger partial charge on any atom is -0.497 e. The molecule has 0 spiro atoms. The molecular formula is C28H29N3O5S2. The molecule has 0 saturated carbocycles. The number of anilines is 2. The molecule has 3 atom stereocenters. The van der Waals surface area contributed by atoms with Crippen molar-refractivity contribution in [1.29, 1.82) is 0 Å². The van der Waals surface area contributed by atoms with E-state index in [0.29, 0.717) is 30.1 Å². The number of carboxylic acid groups (broad SMARTS) is 1. The molecule has 198 valence electrons. The quantitative estimate of drug-likeness (QED) is 0.211. The number of carbonyl (C=O) groups is 3. The zero-order chi connectivity index (χ0) is 27.1. The summed E-state index contributed by atoms with van der Waals surface area (Å²) in [6.45, 7) is 1.94. The summed E-state index contributed by atoms with van der Waals surface area (Å²) in [6.07, 6.45) is 4.99. The van der Waals surface area contributed by atoms with E-state index in [1.165, 1.54) is 23.1 Å². The number of nitrogens with zero attached hydrogens (tertiary/aromatic N) is 1. The molecule has 1 aliphatic rings. The third-order valence-electron chi connectivity index (χ3n) is 6.25. The molecule has 1 aliphatic carbocycles. The summed E-state index contributed by atoms with van der Waals surface area (Å²) in [4.78, 5) is 42.8. The molecule has 10 heteroatoms. The first-order chi connectivity index (χ1) is 18.4. The van der Waals surface area contributed by atoms with Crippen LogP contribution < -0.4 is 15.4 Å². The first-order valence-electron chi connectivity index (χ1n) is 12.2. The van der Waals surface area contributed by atoms with Crippen LogP contribution in [0, 0.1) is 11.8 Å². The van der Waals surface area contributed by atoms with Crippen LogP contribution in [0.1, 0.15) is 26.2 Å². The number of ether oxygens (including phenoxy) is 1. The predicted octanol–water partition coefficient (Wildman–Crippen LogP) is 5.93. The Kier molecular flexibility index (Phi) is 9.19. The number of hydrogen-bond donors (Lipinski definition) is 3. The number of aliphatic carboxylic acids is 1. The molecule has 0 aliphatic heterocycles. The molecule has 38 heavy (non-hydrogen) atoms. The van der Waals surface area contributed by atoms with E-state index >= 15 is 0 Å². The predicted molar refractivity (Wildman–Crippen MR) is 151 cm³/mol. The molecule has 2 aromatic carbocycles. The number of benzene rings is 2. The summed E-state index contributed by atoms with van der Waals surface area (Å²) in [6, 6.07) is 14.8. The molecule has 4 rings (SSSR count). The number of carboxylic acids is 1. The van der Waals surface area contributed by atoms with Gasteiger partial charge in [-0.25, -0.2) is 4.98 Å². The van der Waals surface area contributed by atoms with E-state index in [1.54, 1.807) is 31.4 Å². The van der Waals surface area contributed by atoms with Crippen molar-refractivity contribution in [3.63, 3.8) is 0 Å². The second-order valence-electron chi connectivity index (χ2n) is 8.78. The van der Waals surface area contributed by atoms with E-state index in [2.05, 4.69) is 15.6 Å². The Morgan fingerprint density at radius 3 is 2.53 bits per heavy atom. The van der Waals surface area contributed by atoms with Gasteiger partial charge in [-0.2, -0.15) is 0 Å². The first-order valence-corrected chi connectivity index (χ1v) is 14.0. The Bertz CT molecular complexity index is 1320. The van der Waals surface area contributed by atoms with Crippen molar-refractivity contribution >= 4 is 51.7 Å². The van der Waals surface area contributed by atoms with Crippen LogP contribution in [-0.4, -0.2) is 40.2 Å². The van der Waals surface area contributed by atoms with Gasteiger partial charge in [0.05, 0.1) is 29.9 Å². The molecule has 0 fully saturated rings. The van der Waals surface area contributed by atoms with Crippen LogP contribution in [0.15, 0.2) is 71.0 Å². The molecule has 8 nitrogen and oxygen atoms in total. The highest BCUT2D eigenvalue weighted by Gasteiger charge is 2.34. The monoisotopic (exact) mass is 551 g/mol. The molecule has 3 N–H and O–H groups in total. The molecule has 0 bridgehead atoms. The van der Waals surface area contributed by atoms with Crippen molar-refractivity contribution < 1.29 is 24.2 Å². The van der Waals surface area contributed by atoms with E-state index in [4.69, 9.17) is 4.74 Å². The van der Waals surface area contributed by atoms with E-state index in [0.717, 1.165) is 21.9 Å². The Morgan fingerprint density at radius 1 is 1.11 bits per heavy atom. The van der Waals surface area contributed by atoms with Gasteiger partial charge in [0.2, 0.25) is 11.8 Å². The number of rotatable bonds is 10. The molecule has 0 saturated heterocycles. The van der Waals surface area contributed by atoms with Crippen LogP contribution in [0.5, 0.6) is 5.75 Å². The number of aromatic nitrogens is 1. The average Bonchev–Trinajstić information content (AvgIpc) is 3.40. The third-order valence-corrected chi connectivity index (χ3v) is 8.37. The number of amides is 2. The second-order valence-corrected chi connectivity index (χ2v) is 10.9. The van der Waals surface area contributed by atoms with Gasteiger partial charge in [-0.1, -0.05) is 25.1 Å². The van der Waals surface area contributed by atoms with E-state index in [1.807, 2.05) is 48.7 Å². The maximum atomic E-state index is 13.0. The van der Waals surface area contributed by atoms with Crippen molar-refractivity contribution in [3.05, 3.63) is 66.1 Å². The SMILES string of the molecule is CCC(Sc1cccc(NC(=O)C2CC=CCC2C(=O)O)c1)C(=O)Nc1nc(-c2ccc(OC)cc2)cs1. The zero-order valence-corrected chi connectivity index (χ0v) is 22.7. The first kappa shape index (κ1) is 27.4. The molecule has 1 heterocycles. The fourth-order valence-corrected chi connectivity index (χ4v) is 5.89. The third kappa shape index (κ3) is 6.81. The van der Waals surface area contributed by atoms with Gasteiger partial charge in [0.15, 0.2) is 5.13 Å². The lowest BCUT2D eigenvalue weighted by atomic mass is 9.82. The lowest BCUT2D eigenvalue weighted by molar-refractivity contribution is -0.146. The minimum atomic E-state index is -0.966. The van der Waals surface area contributed by atoms with Crippen molar-refractivity contribution in [2.45, 2.75) is 36.3 Å². The van der Waals surface area contributed by atoms with Gasteiger partial charge in [0.25, 0.3) is 0 Å². The number of allylic oxidation sites excluding steroid dienone is 2. The Labute approximate surface area is 229 Å². The van der Waals surface area contributed by atoms with Gasteiger partial charge in [-0.05, 0) is 61.7 Å². The van der Waals surface area contributed by atoms with E-state index in [9.17, 15) is 19.5 Å². The Hall–Kier alpha value is -3.63. The number of carbonyl (C=O) groups excluding carboxylic acids is 2. The van der Waals surface area contributed by atoms with Crippen LogP contribution in [0.4, 0.5) is 10.8 Å². The largest absolute Gasteiger partial charge is 0.497 e. The lowest BCUT2D eigenvalue weighted by Gasteiger charge is -2.24. The highest BCUT2D eigenvalue weighted by Crippen LogP contribution is 2.32. The molecule has 2 amide bonds. The lowest BCUT2D eigenvalue weighted by Crippen LogP contribution is -2.34.